The van der Waals surface area contributed by atoms with Crippen LogP contribution in [0.2, 0.25) is 0 Å². The molecule has 2 aromatic carbocycles. The molecule has 2 atom stereocenters. The lowest BCUT2D eigenvalue weighted by atomic mass is 9.83. The fourth-order valence-corrected chi connectivity index (χ4v) is 6.12. The molecule has 212 valence electrons. The number of nitrogens with zero attached hydrogens (tertiary/aromatic N) is 2. The van der Waals surface area contributed by atoms with Gasteiger partial charge in [0, 0.05) is 36.1 Å². The highest BCUT2D eigenvalue weighted by Gasteiger charge is 2.32. The van der Waals surface area contributed by atoms with E-state index in [1.807, 2.05) is 48.5 Å². The number of ether oxygens (including phenoxy) is 2. The number of rotatable bonds is 12. The van der Waals surface area contributed by atoms with Crippen molar-refractivity contribution in [2.75, 3.05) is 53.5 Å². The third kappa shape index (κ3) is 8.64. The Hall–Kier alpha value is -2.70. The van der Waals surface area contributed by atoms with Gasteiger partial charge in [0.1, 0.15) is 11.5 Å². The topological polar surface area (TPSA) is 59.1 Å². The molecule has 0 saturated carbocycles. The molecule has 2 unspecified atom stereocenters. The van der Waals surface area contributed by atoms with Crippen LogP contribution in [-0.2, 0) is 0 Å². The van der Waals surface area contributed by atoms with Crippen LogP contribution in [0.1, 0.15) is 78.5 Å². The molecule has 2 aromatic rings. The molecule has 0 N–H and O–H groups in total. The largest absolute Gasteiger partial charge is 0.497 e. The molecule has 39 heavy (non-hydrogen) atoms. The van der Waals surface area contributed by atoms with Crippen molar-refractivity contribution in [1.82, 2.24) is 9.80 Å². The zero-order valence-electron chi connectivity index (χ0n) is 23.9. The number of likely N-dealkylation sites (tertiary alicyclic amines) is 2. The van der Waals surface area contributed by atoms with Gasteiger partial charge in [0.05, 0.1) is 14.2 Å². The first-order valence-electron chi connectivity index (χ1n) is 14.9. The molecule has 0 bridgehead atoms. The van der Waals surface area contributed by atoms with Crippen LogP contribution in [0.4, 0.5) is 0 Å². The lowest BCUT2D eigenvalue weighted by molar-refractivity contribution is 0.0775. The van der Waals surface area contributed by atoms with Gasteiger partial charge in [-0.05, 0) is 107 Å². The Morgan fingerprint density at radius 3 is 1.23 bits per heavy atom. The third-order valence-corrected chi connectivity index (χ3v) is 8.41. The second-order valence-corrected chi connectivity index (χ2v) is 11.2. The molecule has 2 saturated heterocycles. The Labute approximate surface area is 234 Å². The molecule has 2 aliphatic heterocycles. The maximum atomic E-state index is 14.0. The summed E-state index contributed by atoms with van der Waals surface area (Å²) in [5.41, 5.74) is 1.39. The van der Waals surface area contributed by atoms with E-state index in [4.69, 9.17) is 9.47 Å². The molecule has 6 nitrogen and oxygen atoms in total. The van der Waals surface area contributed by atoms with Crippen molar-refractivity contribution in [3.63, 3.8) is 0 Å². The smallest absolute Gasteiger partial charge is 0.167 e. The van der Waals surface area contributed by atoms with E-state index in [-0.39, 0.29) is 23.4 Å². The van der Waals surface area contributed by atoms with E-state index >= 15 is 0 Å². The number of benzene rings is 2. The highest BCUT2D eigenvalue weighted by atomic mass is 16.5. The van der Waals surface area contributed by atoms with Crippen molar-refractivity contribution in [3.8, 4) is 11.5 Å². The predicted molar refractivity (Wildman–Crippen MR) is 156 cm³/mol. The zero-order chi connectivity index (χ0) is 27.5. The summed E-state index contributed by atoms with van der Waals surface area (Å²) in [5.74, 6) is 1.26. The van der Waals surface area contributed by atoms with E-state index in [9.17, 15) is 9.59 Å². The molecule has 0 spiro atoms. The van der Waals surface area contributed by atoms with Crippen LogP contribution in [0.5, 0.6) is 11.5 Å². The fourth-order valence-electron chi connectivity index (χ4n) is 6.12. The van der Waals surface area contributed by atoms with Gasteiger partial charge >= 0.3 is 0 Å². The van der Waals surface area contributed by atoms with Gasteiger partial charge in [0.25, 0.3) is 0 Å². The van der Waals surface area contributed by atoms with Crippen molar-refractivity contribution in [1.29, 1.82) is 0 Å². The number of carbonyl (C=O) groups is 2. The quantitative estimate of drug-likeness (QED) is 0.305. The second kappa shape index (κ2) is 15.2. The van der Waals surface area contributed by atoms with E-state index in [0.717, 1.165) is 37.7 Å². The van der Waals surface area contributed by atoms with E-state index < -0.39 is 0 Å². The van der Waals surface area contributed by atoms with Crippen LogP contribution in [0.15, 0.2) is 48.5 Å². The van der Waals surface area contributed by atoms with Crippen LogP contribution in [0, 0.1) is 11.8 Å². The first-order chi connectivity index (χ1) is 19.1. The summed E-state index contributed by atoms with van der Waals surface area (Å²) >= 11 is 0. The number of hydrogen-bond donors (Lipinski definition) is 0. The zero-order valence-corrected chi connectivity index (χ0v) is 23.9. The number of carbonyl (C=O) groups excluding carboxylic acids is 2. The average molecular weight is 535 g/mol. The Kier molecular flexibility index (Phi) is 11.4. The second-order valence-electron chi connectivity index (χ2n) is 11.2. The van der Waals surface area contributed by atoms with Crippen molar-refractivity contribution in [3.05, 3.63) is 59.7 Å². The average Bonchev–Trinajstić information content (AvgIpc) is 3.41. The maximum absolute atomic E-state index is 14.0. The molecule has 6 heteroatoms. The van der Waals surface area contributed by atoms with Crippen LogP contribution in [0.3, 0.4) is 0 Å². The van der Waals surface area contributed by atoms with Gasteiger partial charge in [-0.1, -0.05) is 25.7 Å². The monoisotopic (exact) mass is 534 g/mol. The highest BCUT2D eigenvalue weighted by Crippen LogP contribution is 2.27. The molecule has 0 aromatic heterocycles. The van der Waals surface area contributed by atoms with Crippen LogP contribution >= 0.6 is 0 Å². The van der Waals surface area contributed by atoms with Crippen LogP contribution in [0.25, 0.3) is 0 Å². The summed E-state index contributed by atoms with van der Waals surface area (Å²) in [5, 5.41) is 0. The highest BCUT2D eigenvalue weighted by molar-refractivity contribution is 6.00. The fraction of sp³-hybridized carbons (Fsp3) is 0.576. The van der Waals surface area contributed by atoms with E-state index in [0.29, 0.717) is 30.6 Å². The summed E-state index contributed by atoms with van der Waals surface area (Å²) in [6.45, 7) is 5.50. The van der Waals surface area contributed by atoms with Gasteiger partial charge in [-0.3, -0.25) is 9.59 Å². The molecule has 0 aliphatic carbocycles. The van der Waals surface area contributed by atoms with E-state index in [2.05, 4.69) is 9.80 Å². The first-order valence-corrected chi connectivity index (χ1v) is 14.9. The van der Waals surface area contributed by atoms with Gasteiger partial charge < -0.3 is 19.3 Å². The standard InChI is InChI=1S/C33H46N2O4/c1-38-30-15-11-26(12-16-30)32(36)28(24-34-19-7-3-4-8-20-34)23-29(25-35-21-9-5-6-10-22-35)33(37)27-13-17-31(39-2)18-14-27/h11-18,28-29H,3-10,19-25H2,1-2H3. The van der Waals surface area contributed by atoms with Crippen molar-refractivity contribution < 1.29 is 19.1 Å². The van der Waals surface area contributed by atoms with E-state index in [1.165, 1.54) is 51.4 Å². The van der Waals surface area contributed by atoms with Gasteiger partial charge in [-0.15, -0.1) is 0 Å². The molecular weight excluding hydrogens is 488 g/mol. The Balaban J connectivity index is 1.60. The van der Waals surface area contributed by atoms with Gasteiger partial charge in [0.15, 0.2) is 11.6 Å². The SMILES string of the molecule is COc1ccc(C(=O)C(CC(CN2CCCCCC2)C(=O)c2ccc(OC)cc2)CN2CCCCCC2)cc1. The molecule has 0 radical (unpaired) electrons. The lowest BCUT2D eigenvalue weighted by Crippen LogP contribution is -2.39. The Morgan fingerprint density at radius 1 is 0.590 bits per heavy atom. The van der Waals surface area contributed by atoms with Crippen molar-refractivity contribution in [2.24, 2.45) is 11.8 Å². The number of ketones is 2. The van der Waals surface area contributed by atoms with Crippen molar-refractivity contribution >= 4 is 11.6 Å². The lowest BCUT2D eigenvalue weighted by Gasteiger charge is -2.31. The molecule has 2 heterocycles. The number of Topliss-reactive ketones (excluding diaryl/α,β-unsaturated/α-hetero) is 2. The van der Waals surface area contributed by atoms with Gasteiger partial charge in [0.2, 0.25) is 0 Å². The van der Waals surface area contributed by atoms with Crippen LogP contribution in [-0.4, -0.2) is 74.9 Å². The normalized spacial score (nSPS) is 18.9. The minimum absolute atomic E-state index is 0.130. The molecule has 4 rings (SSSR count). The van der Waals surface area contributed by atoms with E-state index in [1.54, 1.807) is 14.2 Å². The van der Waals surface area contributed by atoms with Crippen LogP contribution < -0.4 is 9.47 Å². The Morgan fingerprint density at radius 2 is 0.923 bits per heavy atom. The minimum Gasteiger partial charge on any atom is -0.497 e. The molecule has 2 aliphatic rings. The minimum atomic E-state index is -0.240. The molecule has 2 fully saturated rings. The number of methoxy groups -OCH3 is 2. The summed E-state index contributed by atoms with van der Waals surface area (Å²) in [7, 11) is 3.27. The number of hydrogen-bond acceptors (Lipinski definition) is 6. The summed E-state index contributed by atoms with van der Waals surface area (Å²) in [4.78, 5) is 33.0. The van der Waals surface area contributed by atoms with Gasteiger partial charge in [-0.25, -0.2) is 0 Å². The van der Waals surface area contributed by atoms with Crippen molar-refractivity contribution in [2.45, 2.75) is 57.8 Å². The third-order valence-electron chi connectivity index (χ3n) is 8.41. The summed E-state index contributed by atoms with van der Waals surface area (Å²) in [6, 6.07) is 14.9. The van der Waals surface area contributed by atoms with Gasteiger partial charge in [-0.2, -0.15) is 0 Å². The summed E-state index contributed by atoms with van der Waals surface area (Å²) in [6.07, 6.45) is 10.3. The molecule has 0 amide bonds. The Bertz CT molecular complexity index is 937. The molecular formula is C33H46N2O4. The first kappa shape index (κ1) is 29.3. The predicted octanol–water partition coefficient (Wildman–Crippen LogP) is 6.14. The summed E-state index contributed by atoms with van der Waals surface area (Å²) < 4.78 is 10.6. The maximum Gasteiger partial charge on any atom is 0.167 e.